The monoisotopic (exact) mass is 444 g/mol. The third-order valence-electron chi connectivity index (χ3n) is 5.55. The number of hydrogen-bond donors (Lipinski definition) is 1. The van der Waals surface area contributed by atoms with Crippen molar-refractivity contribution < 1.29 is 22.7 Å². The minimum Gasteiger partial charge on any atom is -0.469 e. The van der Waals surface area contributed by atoms with E-state index in [1.54, 1.807) is 12.1 Å². The van der Waals surface area contributed by atoms with E-state index in [1.807, 2.05) is 37.3 Å². The van der Waals surface area contributed by atoms with E-state index in [0.717, 1.165) is 5.56 Å². The van der Waals surface area contributed by atoms with E-state index in [1.165, 1.54) is 23.5 Å². The Labute approximate surface area is 183 Å². The standard InChI is InChI=1S/C23H28N2O5S/c1-17(18-7-4-3-5-8-18)15-22(26)24-20-10-12-21(13-11-20)31(28,29)25-14-6-9-19(16-25)23(27)30-2/h3-5,7-8,10-13,17,19H,6,9,14-16H2,1-2H3,(H,24,26)/t17-,19-/m1/s1. The smallest absolute Gasteiger partial charge is 0.309 e. The number of nitrogens with one attached hydrogen (secondary N) is 1. The average molecular weight is 445 g/mol. The lowest BCUT2D eigenvalue weighted by Crippen LogP contribution is -2.42. The minimum absolute atomic E-state index is 0.0720. The number of piperidine rings is 1. The molecule has 1 aliphatic heterocycles. The molecule has 31 heavy (non-hydrogen) atoms. The first-order valence-electron chi connectivity index (χ1n) is 10.3. The van der Waals surface area contributed by atoms with E-state index in [4.69, 9.17) is 4.74 Å². The van der Waals surface area contributed by atoms with Gasteiger partial charge in [-0.25, -0.2) is 8.42 Å². The number of rotatable bonds is 7. The molecule has 0 aliphatic carbocycles. The Balaban J connectivity index is 1.62. The predicted octanol–water partition coefficient (Wildman–Crippen LogP) is 3.39. The molecular formula is C23H28N2O5S. The summed E-state index contributed by atoms with van der Waals surface area (Å²) in [6.45, 7) is 2.47. The molecule has 2 atom stereocenters. The average Bonchev–Trinajstić information content (AvgIpc) is 2.79. The summed E-state index contributed by atoms with van der Waals surface area (Å²) in [5, 5.41) is 2.82. The van der Waals surface area contributed by atoms with Crippen molar-refractivity contribution in [1.29, 1.82) is 0 Å². The molecule has 1 heterocycles. The number of hydrogen-bond acceptors (Lipinski definition) is 5. The topological polar surface area (TPSA) is 92.8 Å². The summed E-state index contributed by atoms with van der Waals surface area (Å²) in [7, 11) is -2.42. The molecule has 0 saturated carbocycles. The molecule has 0 unspecified atom stereocenters. The molecule has 2 aromatic rings. The first-order valence-corrected chi connectivity index (χ1v) is 11.8. The van der Waals surface area contributed by atoms with Crippen LogP contribution in [0.4, 0.5) is 5.69 Å². The van der Waals surface area contributed by atoms with Gasteiger partial charge in [0.1, 0.15) is 0 Å². The van der Waals surface area contributed by atoms with E-state index in [0.29, 0.717) is 31.5 Å². The number of carbonyl (C=O) groups excluding carboxylic acids is 2. The van der Waals surface area contributed by atoms with Crippen molar-refractivity contribution in [2.45, 2.75) is 37.0 Å². The van der Waals surface area contributed by atoms with Crippen molar-refractivity contribution in [2.75, 3.05) is 25.5 Å². The Morgan fingerprint density at radius 2 is 1.81 bits per heavy atom. The maximum Gasteiger partial charge on any atom is 0.309 e. The number of esters is 1. The summed E-state index contributed by atoms with van der Waals surface area (Å²) >= 11 is 0. The summed E-state index contributed by atoms with van der Waals surface area (Å²) in [6, 6.07) is 15.9. The molecule has 1 fully saturated rings. The van der Waals surface area contributed by atoms with Gasteiger partial charge in [0.2, 0.25) is 15.9 Å². The van der Waals surface area contributed by atoms with Gasteiger partial charge >= 0.3 is 5.97 Å². The van der Waals surface area contributed by atoms with Gasteiger partial charge in [0, 0.05) is 25.2 Å². The molecule has 1 saturated heterocycles. The number of sulfonamides is 1. The summed E-state index contributed by atoms with van der Waals surface area (Å²) in [5.74, 6) is -0.895. The summed E-state index contributed by atoms with van der Waals surface area (Å²) < 4.78 is 32.0. The van der Waals surface area contributed by atoms with Gasteiger partial charge in [0.25, 0.3) is 0 Å². The normalized spacial score (nSPS) is 18.2. The van der Waals surface area contributed by atoms with E-state index in [2.05, 4.69) is 5.32 Å². The van der Waals surface area contributed by atoms with Gasteiger partial charge in [0.15, 0.2) is 0 Å². The third kappa shape index (κ3) is 5.71. The van der Waals surface area contributed by atoms with Crippen LogP contribution < -0.4 is 5.32 Å². The molecule has 0 aromatic heterocycles. The first kappa shape index (κ1) is 23.0. The maximum absolute atomic E-state index is 13.0. The molecule has 166 valence electrons. The highest BCUT2D eigenvalue weighted by atomic mass is 32.2. The Morgan fingerprint density at radius 1 is 1.13 bits per heavy atom. The molecule has 3 rings (SSSR count). The number of anilines is 1. The Morgan fingerprint density at radius 3 is 2.45 bits per heavy atom. The van der Waals surface area contributed by atoms with Gasteiger partial charge in [0.05, 0.1) is 17.9 Å². The molecular weight excluding hydrogens is 416 g/mol. The van der Waals surface area contributed by atoms with Crippen LogP contribution in [0, 0.1) is 5.92 Å². The van der Waals surface area contributed by atoms with Crippen LogP contribution in [-0.2, 0) is 24.3 Å². The second-order valence-electron chi connectivity index (χ2n) is 7.81. The van der Waals surface area contributed by atoms with Gasteiger partial charge in [-0.1, -0.05) is 37.3 Å². The zero-order valence-electron chi connectivity index (χ0n) is 17.8. The fourth-order valence-electron chi connectivity index (χ4n) is 3.77. The second-order valence-corrected chi connectivity index (χ2v) is 9.75. The fraction of sp³-hybridized carbons (Fsp3) is 0.391. The zero-order valence-corrected chi connectivity index (χ0v) is 18.6. The lowest BCUT2D eigenvalue weighted by atomic mass is 9.97. The number of benzene rings is 2. The largest absolute Gasteiger partial charge is 0.469 e. The van der Waals surface area contributed by atoms with Crippen molar-refractivity contribution >= 4 is 27.6 Å². The molecule has 8 heteroatoms. The van der Waals surface area contributed by atoms with Gasteiger partial charge in [-0.3, -0.25) is 9.59 Å². The van der Waals surface area contributed by atoms with Gasteiger partial charge in [-0.15, -0.1) is 0 Å². The maximum atomic E-state index is 13.0. The number of amides is 1. The van der Waals surface area contributed by atoms with Crippen LogP contribution in [0.3, 0.4) is 0 Å². The zero-order chi connectivity index (χ0) is 22.4. The summed E-state index contributed by atoms with van der Waals surface area (Å²) in [4.78, 5) is 24.3. The van der Waals surface area contributed by atoms with Crippen molar-refractivity contribution in [2.24, 2.45) is 5.92 Å². The molecule has 0 bridgehead atoms. The fourth-order valence-corrected chi connectivity index (χ4v) is 5.29. The molecule has 1 N–H and O–H groups in total. The Bertz CT molecular complexity index is 1010. The molecule has 1 aliphatic rings. The summed E-state index contributed by atoms with van der Waals surface area (Å²) in [5.41, 5.74) is 1.63. The second kappa shape index (κ2) is 10.1. The Kier molecular flexibility index (Phi) is 7.46. The molecule has 7 nitrogen and oxygen atoms in total. The van der Waals surface area contributed by atoms with Gasteiger partial charge in [-0.05, 0) is 48.6 Å². The first-order chi connectivity index (χ1) is 14.8. The third-order valence-corrected chi connectivity index (χ3v) is 7.43. The van der Waals surface area contributed by atoms with E-state index < -0.39 is 15.9 Å². The highest BCUT2D eigenvalue weighted by Gasteiger charge is 2.33. The molecule has 0 radical (unpaired) electrons. The minimum atomic E-state index is -3.72. The van der Waals surface area contributed by atoms with Crippen molar-refractivity contribution in [3.8, 4) is 0 Å². The highest BCUT2D eigenvalue weighted by Crippen LogP contribution is 2.26. The lowest BCUT2D eigenvalue weighted by molar-refractivity contribution is -0.146. The molecule has 2 aromatic carbocycles. The summed E-state index contributed by atoms with van der Waals surface area (Å²) in [6.07, 6.45) is 1.55. The van der Waals surface area contributed by atoms with Crippen LogP contribution >= 0.6 is 0 Å². The van der Waals surface area contributed by atoms with Crippen molar-refractivity contribution in [3.05, 3.63) is 60.2 Å². The van der Waals surface area contributed by atoms with Crippen molar-refractivity contribution in [1.82, 2.24) is 4.31 Å². The van der Waals surface area contributed by atoms with Crippen molar-refractivity contribution in [3.63, 3.8) is 0 Å². The van der Waals surface area contributed by atoms with Crippen LogP contribution in [0.5, 0.6) is 0 Å². The predicted molar refractivity (Wildman–Crippen MR) is 118 cm³/mol. The lowest BCUT2D eigenvalue weighted by Gasteiger charge is -2.30. The number of carbonyl (C=O) groups is 2. The van der Waals surface area contributed by atoms with Crippen LogP contribution in [0.25, 0.3) is 0 Å². The van der Waals surface area contributed by atoms with Gasteiger partial charge < -0.3 is 10.1 Å². The van der Waals surface area contributed by atoms with Crippen LogP contribution in [-0.4, -0.2) is 44.8 Å². The quantitative estimate of drug-likeness (QED) is 0.661. The molecule has 1 amide bonds. The number of nitrogens with zero attached hydrogens (tertiary/aromatic N) is 1. The van der Waals surface area contributed by atoms with Crippen LogP contribution in [0.1, 0.15) is 37.7 Å². The van der Waals surface area contributed by atoms with Crippen LogP contribution in [0.2, 0.25) is 0 Å². The number of ether oxygens (including phenoxy) is 1. The number of methoxy groups -OCH3 is 1. The van der Waals surface area contributed by atoms with E-state index >= 15 is 0 Å². The van der Waals surface area contributed by atoms with Crippen LogP contribution in [0.15, 0.2) is 59.5 Å². The van der Waals surface area contributed by atoms with Gasteiger partial charge in [-0.2, -0.15) is 4.31 Å². The molecule has 0 spiro atoms. The van der Waals surface area contributed by atoms with E-state index in [-0.39, 0.29) is 29.2 Å². The van der Waals surface area contributed by atoms with E-state index in [9.17, 15) is 18.0 Å². The highest BCUT2D eigenvalue weighted by molar-refractivity contribution is 7.89. The SMILES string of the molecule is COC(=O)[C@@H]1CCCN(S(=O)(=O)c2ccc(NC(=O)C[C@@H](C)c3ccccc3)cc2)C1. The Hall–Kier alpha value is -2.71.